The van der Waals surface area contributed by atoms with E-state index in [1.54, 1.807) is 24.3 Å². The Kier molecular flexibility index (Phi) is 9.08. The maximum absolute atomic E-state index is 12.8. The van der Waals surface area contributed by atoms with Gasteiger partial charge in [-0.15, -0.1) is 0 Å². The minimum absolute atomic E-state index is 0.159. The number of hydrogen-bond donors (Lipinski definition) is 2. The third kappa shape index (κ3) is 6.91. The fourth-order valence-corrected chi connectivity index (χ4v) is 4.96. The molecular formula is C24H33N5O3S. The molecular weight excluding hydrogens is 438 g/mol. The predicted molar refractivity (Wildman–Crippen MR) is 133 cm³/mol. The zero-order valence-electron chi connectivity index (χ0n) is 19.6. The molecule has 3 rings (SSSR count). The van der Waals surface area contributed by atoms with Crippen LogP contribution in [0.2, 0.25) is 0 Å². The minimum Gasteiger partial charge on any atom is -0.326 e. The molecule has 0 saturated carbocycles. The third-order valence-electron chi connectivity index (χ3n) is 5.79. The van der Waals surface area contributed by atoms with Crippen LogP contribution in [-0.2, 0) is 29.0 Å². The van der Waals surface area contributed by atoms with Crippen molar-refractivity contribution in [2.45, 2.75) is 58.0 Å². The lowest BCUT2D eigenvalue weighted by atomic mass is 9.97. The largest absolute Gasteiger partial charge is 0.348 e. The molecule has 0 unspecified atom stereocenters. The van der Waals surface area contributed by atoms with Crippen molar-refractivity contribution < 1.29 is 9.59 Å². The van der Waals surface area contributed by atoms with Crippen LogP contribution in [0.25, 0.3) is 0 Å². The summed E-state index contributed by atoms with van der Waals surface area (Å²) in [6.07, 6.45) is 3.90. The van der Waals surface area contributed by atoms with E-state index >= 15 is 0 Å². The average Bonchev–Trinajstić information content (AvgIpc) is 2.79. The lowest BCUT2D eigenvalue weighted by molar-refractivity contribution is -0.114. The van der Waals surface area contributed by atoms with Crippen LogP contribution in [0, 0.1) is 0 Å². The maximum Gasteiger partial charge on any atom is 0.348 e. The summed E-state index contributed by atoms with van der Waals surface area (Å²) < 4.78 is 1.84. The molecule has 0 atom stereocenters. The minimum atomic E-state index is -0.228. The lowest BCUT2D eigenvalue weighted by Gasteiger charge is -2.24. The van der Waals surface area contributed by atoms with E-state index in [-0.39, 0.29) is 23.3 Å². The topological polar surface area (TPSA) is 96.3 Å². The van der Waals surface area contributed by atoms with E-state index in [4.69, 9.17) is 0 Å². The van der Waals surface area contributed by atoms with Crippen molar-refractivity contribution in [1.29, 1.82) is 0 Å². The number of likely N-dealkylation sites (N-methyl/N-ethyl adjacent to an activating group) is 1. The first kappa shape index (κ1) is 25.0. The van der Waals surface area contributed by atoms with Crippen LogP contribution >= 0.6 is 11.8 Å². The van der Waals surface area contributed by atoms with Crippen LogP contribution in [0.1, 0.15) is 44.9 Å². The normalized spacial score (nSPS) is 13.0. The van der Waals surface area contributed by atoms with E-state index in [0.717, 1.165) is 56.6 Å². The second-order valence-electron chi connectivity index (χ2n) is 8.11. The molecule has 1 aliphatic rings. The van der Waals surface area contributed by atoms with E-state index in [1.807, 2.05) is 4.57 Å². The zero-order chi connectivity index (χ0) is 23.8. The highest BCUT2D eigenvalue weighted by atomic mass is 32.2. The van der Waals surface area contributed by atoms with Gasteiger partial charge in [-0.3, -0.25) is 14.2 Å². The van der Waals surface area contributed by atoms with E-state index < -0.39 is 0 Å². The summed E-state index contributed by atoms with van der Waals surface area (Å²) in [6.45, 7) is 9.07. The quantitative estimate of drug-likeness (QED) is 0.408. The molecule has 1 aliphatic carbocycles. The Hall–Kier alpha value is -2.65. The fraction of sp³-hybridized carbons (Fsp3) is 0.500. The number of benzene rings is 1. The molecule has 0 bridgehead atoms. The van der Waals surface area contributed by atoms with Gasteiger partial charge in [-0.2, -0.15) is 4.98 Å². The molecule has 33 heavy (non-hydrogen) atoms. The summed E-state index contributed by atoms with van der Waals surface area (Å²) in [6, 6.07) is 7.01. The highest BCUT2D eigenvalue weighted by molar-refractivity contribution is 8.00. The highest BCUT2D eigenvalue weighted by Crippen LogP contribution is 2.28. The van der Waals surface area contributed by atoms with Crippen LogP contribution in [0.5, 0.6) is 0 Å². The van der Waals surface area contributed by atoms with Crippen molar-refractivity contribution in [2.24, 2.45) is 0 Å². The summed E-state index contributed by atoms with van der Waals surface area (Å²) in [5.74, 6) is -0.194. The van der Waals surface area contributed by atoms with Gasteiger partial charge in [-0.25, -0.2) is 4.79 Å². The van der Waals surface area contributed by atoms with Gasteiger partial charge in [0.15, 0.2) is 0 Å². The van der Waals surface area contributed by atoms with E-state index in [1.165, 1.54) is 18.7 Å². The third-order valence-corrected chi connectivity index (χ3v) is 6.81. The first-order valence-corrected chi connectivity index (χ1v) is 12.5. The monoisotopic (exact) mass is 471 g/mol. The van der Waals surface area contributed by atoms with E-state index in [2.05, 4.69) is 34.4 Å². The van der Waals surface area contributed by atoms with Gasteiger partial charge in [0.05, 0.1) is 5.75 Å². The fourth-order valence-electron chi connectivity index (χ4n) is 4.09. The van der Waals surface area contributed by atoms with Crippen molar-refractivity contribution in [2.75, 3.05) is 36.0 Å². The summed E-state index contributed by atoms with van der Waals surface area (Å²) >= 11 is 1.32. The van der Waals surface area contributed by atoms with Crippen LogP contribution < -0.4 is 16.3 Å². The molecule has 8 nitrogen and oxygen atoms in total. The van der Waals surface area contributed by atoms with Gasteiger partial charge in [0, 0.05) is 42.6 Å². The first-order chi connectivity index (χ1) is 15.9. The lowest BCUT2D eigenvalue weighted by Crippen LogP contribution is -2.35. The standard InChI is InChI=1S/C24H33N5O3S/c1-4-28(5-2)13-14-29-21-12-7-6-11-20(21)23(27-24(29)32)33-16-22(31)26-19-10-8-9-18(15-19)25-17(3)30/h8-10,15H,4-7,11-14,16H2,1-3H3,(H,25,30)(H,26,31). The molecule has 0 fully saturated rings. The molecule has 1 aromatic carbocycles. The molecule has 178 valence electrons. The number of fused-ring (bicyclic) bond motifs is 1. The Bertz CT molecular complexity index is 1050. The Labute approximate surface area is 199 Å². The average molecular weight is 472 g/mol. The van der Waals surface area contributed by atoms with Crippen molar-refractivity contribution in [3.63, 3.8) is 0 Å². The van der Waals surface area contributed by atoms with Crippen molar-refractivity contribution >= 4 is 35.0 Å². The molecule has 0 radical (unpaired) electrons. The smallest absolute Gasteiger partial charge is 0.326 e. The van der Waals surface area contributed by atoms with Crippen LogP contribution in [0.15, 0.2) is 34.1 Å². The molecule has 0 aliphatic heterocycles. The van der Waals surface area contributed by atoms with Gasteiger partial charge >= 0.3 is 5.69 Å². The number of amides is 2. The van der Waals surface area contributed by atoms with Gasteiger partial charge in [-0.05, 0) is 57.0 Å². The number of rotatable bonds is 10. The van der Waals surface area contributed by atoms with Gasteiger partial charge in [-0.1, -0.05) is 31.7 Å². The second kappa shape index (κ2) is 12.0. The molecule has 0 saturated heterocycles. The molecule has 2 amide bonds. The molecule has 2 aromatic rings. The molecule has 1 heterocycles. The number of carbonyl (C=O) groups is 2. The molecule has 9 heteroatoms. The van der Waals surface area contributed by atoms with Crippen molar-refractivity contribution in [1.82, 2.24) is 14.5 Å². The van der Waals surface area contributed by atoms with Crippen LogP contribution in [0.3, 0.4) is 0 Å². The number of aromatic nitrogens is 2. The summed E-state index contributed by atoms with van der Waals surface area (Å²) in [4.78, 5) is 43.3. The number of carbonyl (C=O) groups excluding carboxylic acids is 2. The summed E-state index contributed by atoms with van der Waals surface area (Å²) in [7, 11) is 0. The van der Waals surface area contributed by atoms with E-state index in [9.17, 15) is 14.4 Å². The van der Waals surface area contributed by atoms with Gasteiger partial charge in [0.25, 0.3) is 0 Å². The number of nitrogens with zero attached hydrogens (tertiary/aromatic N) is 3. The number of hydrogen-bond acceptors (Lipinski definition) is 6. The second-order valence-corrected chi connectivity index (χ2v) is 9.07. The Morgan fingerprint density at radius 2 is 1.82 bits per heavy atom. The number of anilines is 2. The Balaban J connectivity index is 1.70. The molecule has 2 N–H and O–H groups in total. The zero-order valence-corrected chi connectivity index (χ0v) is 20.5. The van der Waals surface area contributed by atoms with Crippen molar-refractivity contribution in [3.8, 4) is 0 Å². The molecule has 1 aromatic heterocycles. The summed E-state index contributed by atoms with van der Waals surface area (Å²) in [5, 5.41) is 6.23. The number of nitrogens with one attached hydrogen (secondary N) is 2. The van der Waals surface area contributed by atoms with Crippen LogP contribution in [-0.4, -0.2) is 51.7 Å². The van der Waals surface area contributed by atoms with E-state index in [0.29, 0.717) is 22.9 Å². The highest BCUT2D eigenvalue weighted by Gasteiger charge is 2.21. The van der Waals surface area contributed by atoms with Crippen LogP contribution in [0.4, 0.5) is 11.4 Å². The Morgan fingerprint density at radius 1 is 1.12 bits per heavy atom. The van der Waals surface area contributed by atoms with Crippen molar-refractivity contribution in [3.05, 3.63) is 46.0 Å². The predicted octanol–water partition coefficient (Wildman–Crippen LogP) is 3.15. The maximum atomic E-state index is 12.8. The Morgan fingerprint density at radius 3 is 2.52 bits per heavy atom. The molecule has 0 spiro atoms. The first-order valence-electron chi connectivity index (χ1n) is 11.6. The SMILES string of the molecule is CCN(CC)CCn1c2c(c(SCC(=O)Nc3cccc(NC(C)=O)c3)nc1=O)CCCC2. The number of thioether (sulfide) groups is 1. The van der Waals surface area contributed by atoms with Gasteiger partial charge in [0.2, 0.25) is 11.8 Å². The summed E-state index contributed by atoms with van der Waals surface area (Å²) in [5.41, 5.74) is 3.20. The van der Waals surface area contributed by atoms with Gasteiger partial charge in [0.1, 0.15) is 5.03 Å². The van der Waals surface area contributed by atoms with Gasteiger partial charge < -0.3 is 15.5 Å².